The van der Waals surface area contributed by atoms with E-state index >= 15 is 0 Å². The molecule has 2 amide bonds. The largest absolute Gasteiger partial charge is 0.395 e. The van der Waals surface area contributed by atoms with Crippen molar-refractivity contribution in [3.05, 3.63) is 36.0 Å². The van der Waals surface area contributed by atoms with Crippen LogP contribution in [-0.4, -0.2) is 54.5 Å². The Morgan fingerprint density at radius 1 is 1.19 bits per heavy atom. The van der Waals surface area contributed by atoms with E-state index in [-0.39, 0.29) is 31.0 Å². The van der Waals surface area contributed by atoms with Gasteiger partial charge in [0.05, 0.1) is 12.3 Å². The zero-order chi connectivity index (χ0) is 22.6. The summed E-state index contributed by atoms with van der Waals surface area (Å²) in [7, 11) is -3.43. The minimum Gasteiger partial charge on any atom is -0.395 e. The van der Waals surface area contributed by atoms with Gasteiger partial charge in [-0.1, -0.05) is 6.92 Å². The van der Waals surface area contributed by atoms with Gasteiger partial charge in [0.2, 0.25) is 0 Å². The second-order valence-corrected chi connectivity index (χ2v) is 10.8. The minimum atomic E-state index is -3.43. The van der Waals surface area contributed by atoms with E-state index in [2.05, 4.69) is 25.9 Å². The maximum atomic E-state index is 12.7. The Hall–Kier alpha value is -2.72. The first-order chi connectivity index (χ1) is 14.7. The van der Waals surface area contributed by atoms with Crippen LogP contribution < -0.4 is 16.0 Å². The van der Waals surface area contributed by atoms with Crippen LogP contribution in [0.4, 0.5) is 16.3 Å². The van der Waals surface area contributed by atoms with Crippen molar-refractivity contribution in [3.63, 3.8) is 0 Å². The molecule has 1 aliphatic rings. The Morgan fingerprint density at radius 2 is 1.87 bits per heavy atom. The highest BCUT2D eigenvalue weighted by molar-refractivity contribution is 7.92. The molecule has 0 aliphatic heterocycles. The summed E-state index contributed by atoms with van der Waals surface area (Å²) in [6.45, 7) is 5.04. The van der Waals surface area contributed by atoms with E-state index in [1.54, 1.807) is 51.1 Å². The van der Waals surface area contributed by atoms with E-state index in [4.69, 9.17) is 5.11 Å². The van der Waals surface area contributed by atoms with Crippen LogP contribution in [0, 0.1) is 0 Å². The lowest BCUT2D eigenvalue weighted by atomic mass is 10.1. The van der Waals surface area contributed by atoms with E-state index in [1.165, 1.54) is 0 Å². The Balaban J connectivity index is 1.91. The third kappa shape index (κ3) is 5.50. The summed E-state index contributed by atoms with van der Waals surface area (Å²) >= 11 is 0. The van der Waals surface area contributed by atoms with Gasteiger partial charge in [-0.05, 0) is 51.0 Å². The summed E-state index contributed by atoms with van der Waals surface area (Å²) in [5.41, 5.74) is 1.67. The number of aromatic nitrogens is 2. The molecule has 0 atom stereocenters. The van der Waals surface area contributed by atoms with E-state index in [9.17, 15) is 13.2 Å². The summed E-state index contributed by atoms with van der Waals surface area (Å²) in [6.07, 6.45) is 2.02. The highest BCUT2D eigenvalue weighted by atomic mass is 32.2. The molecule has 3 rings (SSSR count). The van der Waals surface area contributed by atoms with E-state index < -0.39 is 14.6 Å². The monoisotopic (exact) mass is 447 g/mol. The number of sulfone groups is 1. The number of nitrogens with zero attached hydrogens (tertiary/aromatic N) is 2. The molecule has 1 aromatic carbocycles. The zero-order valence-corrected chi connectivity index (χ0v) is 18.8. The lowest BCUT2D eigenvalue weighted by Crippen LogP contribution is -2.32. The third-order valence-electron chi connectivity index (χ3n) is 5.23. The number of anilines is 2. The summed E-state index contributed by atoms with van der Waals surface area (Å²) in [5, 5.41) is 17.8. The van der Waals surface area contributed by atoms with Crippen LogP contribution in [0.1, 0.15) is 39.3 Å². The highest BCUT2D eigenvalue weighted by Gasteiger charge is 2.37. The fraction of sp³-hybridized carbons (Fsp3) is 0.476. The van der Waals surface area contributed by atoms with Crippen molar-refractivity contribution in [3.8, 4) is 11.4 Å². The maximum Gasteiger partial charge on any atom is 0.319 e. The normalized spacial score (nSPS) is 14.2. The molecule has 9 nitrogen and oxygen atoms in total. The van der Waals surface area contributed by atoms with Crippen LogP contribution in [0.25, 0.3) is 11.4 Å². The van der Waals surface area contributed by atoms with Crippen molar-refractivity contribution < 1.29 is 18.3 Å². The van der Waals surface area contributed by atoms with E-state index in [1.807, 2.05) is 0 Å². The van der Waals surface area contributed by atoms with Crippen LogP contribution in [0.2, 0.25) is 0 Å². The Bertz CT molecular complexity index is 1030. The molecule has 0 saturated heterocycles. The molecule has 0 bridgehead atoms. The number of carbonyl (C=O) groups is 1. The number of hydrogen-bond donors (Lipinski definition) is 4. The average Bonchev–Trinajstić information content (AvgIpc) is 3.56. The fourth-order valence-corrected chi connectivity index (χ4v) is 4.11. The molecule has 10 heteroatoms. The van der Waals surface area contributed by atoms with Crippen LogP contribution in [-0.2, 0) is 14.6 Å². The first-order valence-electron chi connectivity index (χ1n) is 10.3. The second-order valence-electron chi connectivity index (χ2n) is 7.98. The molecule has 1 aliphatic carbocycles. The molecule has 1 heterocycles. The van der Waals surface area contributed by atoms with Crippen molar-refractivity contribution in [1.82, 2.24) is 15.3 Å². The van der Waals surface area contributed by atoms with E-state index in [0.717, 1.165) is 12.8 Å². The lowest BCUT2D eigenvalue weighted by molar-refractivity contribution is 0.251. The zero-order valence-electron chi connectivity index (χ0n) is 18.0. The van der Waals surface area contributed by atoms with Crippen LogP contribution in [0.15, 0.2) is 30.3 Å². The number of aliphatic hydroxyl groups excluding tert-OH is 1. The summed E-state index contributed by atoms with van der Waals surface area (Å²) in [4.78, 5) is 20.9. The number of amides is 2. The number of nitrogens with one attached hydrogen (secondary N) is 3. The molecule has 4 N–H and O–H groups in total. The Morgan fingerprint density at radius 3 is 2.45 bits per heavy atom. The van der Waals surface area contributed by atoms with Crippen molar-refractivity contribution >= 4 is 27.4 Å². The molecular formula is C21H29N5O4S. The van der Waals surface area contributed by atoms with Gasteiger partial charge in [-0.3, -0.25) is 0 Å². The summed E-state index contributed by atoms with van der Waals surface area (Å²) < 4.78 is 24.1. The number of aliphatic hydroxyl groups is 1. The van der Waals surface area contributed by atoms with Gasteiger partial charge in [0.25, 0.3) is 0 Å². The standard InChI is InChI=1S/C21H29N5O4S/c1-4-31(29,30)21(2,3)17-13-18(22-11-12-27)26-19(25-17)14-5-7-15(8-6-14)23-20(28)24-16-9-10-16/h5-8,13,16,27H,4,9-12H2,1-3H3,(H,22,25,26)(H2,23,24,28). The fourth-order valence-electron chi connectivity index (χ4n) is 2.96. The van der Waals surface area contributed by atoms with Gasteiger partial charge in [0.1, 0.15) is 10.6 Å². The van der Waals surface area contributed by atoms with Gasteiger partial charge in [-0.2, -0.15) is 0 Å². The molecule has 168 valence electrons. The van der Waals surface area contributed by atoms with Crippen LogP contribution in [0.5, 0.6) is 0 Å². The molecule has 0 radical (unpaired) electrons. The van der Waals surface area contributed by atoms with Gasteiger partial charge in [0, 0.05) is 35.7 Å². The summed E-state index contributed by atoms with van der Waals surface area (Å²) in [6, 6.07) is 8.65. The first-order valence-corrected chi connectivity index (χ1v) is 12.0. The van der Waals surface area contributed by atoms with Gasteiger partial charge < -0.3 is 21.1 Å². The average molecular weight is 448 g/mol. The SMILES string of the molecule is CCS(=O)(=O)C(C)(C)c1cc(NCCO)nc(-c2ccc(NC(=O)NC3CC3)cc2)n1. The number of benzene rings is 1. The molecule has 1 saturated carbocycles. The van der Waals surface area contributed by atoms with Crippen molar-refractivity contribution in [2.45, 2.75) is 44.4 Å². The van der Waals surface area contributed by atoms with Crippen molar-refractivity contribution in [2.75, 3.05) is 29.5 Å². The topological polar surface area (TPSA) is 133 Å². The third-order valence-corrected chi connectivity index (χ3v) is 7.76. The number of carbonyl (C=O) groups excluding carboxylic acids is 1. The molecule has 31 heavy (non-hydrogen) atoms. The second kappa shape index (κ2) is 9.19. The van der Waals surface area contributed by atoms with Gasteiger partial charge in [-0.25, -0.2) is 23.2 Å². The Kier molecular flexibility index (Phi) is 6.80. The predicted molar refractivity (Wildman–Crippen MR) is 121 cm³/mol. The number of rotatable bonds is 9. The quantitative estimate of drug-likeness (QED) is 0.464. The van der Waals surface area contributed by atoms with Crippen molar-refractivity contribution in [2.24, 2.45) is 0 Å². The maximum absolute atomic E-state index is 12.7. The van der Waals surface area contributed by atoms with E-state index in [0.29, 0.717) is 28.6 Å². The van der Waals surface area contributed by atoms with Crippen molar-refractivity contribution in [1.29, 1.82) is 0 Å². The molecule has 0 unspecified atom stereocenters. The molecule has 0 spiro atoms. The van der Waals surface area contributed by atoms with Gasteiger partial charge >= 0.3 is 6.03 Å². The lowest BCUT2D eigenvalue weighted by Gasteiger charge is -2.24. The molecule has 2 aromatic rings. The van der Waals surface area contributed by atoms with Gasteiger partial charge in [0.15, 0.2) is 15.7 Å². The first kappa shape index (κ1) is 23.0. The van der Waals surface area contributed by atoms with Gasteiger partial charge in [-0.15, -0.1) is 0 Å². The number of urea groups is 1. The van der Waals surface area contributed by atoms with Crippen LogP contribution in [0.3, 0.4) is 0 Å². The van der Waals surface area contributed by atoms with Crippen LogP contribution >= 0.6 is 0 Å². The smallest absolute Gasteiger partial charge is 0.319 e. The summed E-state index contributed by atoms with van der Waals surface area (Å²) in [5.74, 6) is 0.771. The Labute approximate surface area is 182 Å². The molecule has 1 fully saturated rings. The molecule has 1 aromatic heterocycles. The predicted octanol–water partition coefficient (Wildman–Crippen LogP) is 2.50. The highest BCUT2D eigenvalue weighted by Crippen LogP contribution is 2.32. The minimum absolute atomic E-state index is 0.0119. The molecular weight excluding hydrogens is 418 g/mol. The number of hydrogen-bond acceptors (Lipinski definition) is 7.